The second-order valence-electron chi connectivity index (χ2n) is 3.78. The number of pyridine rings is 1. The summed E-state index contributed by atoms with van der Waals surface area (Å²) in [7, 11) is 1.55. The van der Waals surface area contributed by atoms with Crippen molar-refractivity contribution >= 4 is 0 Å². The number of rotatable bonds is 6. The Bertz CT molecular complexity index is 369. The molecular formula is C13H18N2O. The zero-order valence-electron chi connectivity index (χ0n) is 9.99. The van der Waals surface area contributed by atoms with Crippen LogP contribution < -0.4 is 4.74 Å². The molecule has 0 amide bonds. The number of aryl methyl sites for hydroxylation is 1. The summed E-state index contributed by atoms with van der Waals surface area (Å²) in [5.74, 6) is 0.440. The number of unbranched alkanes of at least 4 members (excludes halogenated alkanes) is 3. The smallest absolute Gasteiger partial charge is 0.231 e. The molecule has 1 rings (SSSR count). The summed E-state index contributed by atoms with van der Waals surface area (Å²) in [6, 6.07) is 5.75. The van der Waals surface area contributed by atoms with Gasteiger partial charge in [-0.25, -0.2) is 4.98 Å². The summed E-state index contributed by atoms with van der Waals surface area (Å²) in [5.41, 5.74) is 1.51. The van der Waals surface area contributed by atoms with Gasteiger partial charge in [0.1, 0.15) is 11.6 Å². The monoisotopic (exact) mass is 218 g/mol. The minimum Gasteiger partial charge on any atom is -0.480 e. The summed E-state index contributed by atoms with van der Waals surface area (Å²) >= 11 is 0. The number of aromatic nitrogens is 1. The molecule has 1 aromatic rings. The van der Waals surface area contributed by atoms with Crippen LogP contribution in [0.2, 0.25) is 0 Å². The van der Waals surface area contributed by atoms with Gasteiger partial charge in [-0.05, 0) is 25.0 Å². The van der Waals surface area contributed by atoms with Gasteiger partial charge in [0.15, 0.2) is 0 Å². The molecule has 3 heteroatoms. The van der Waals surface area contributed by atoms with Crippen LogP contribution in [-0.2, 0) is 6.42 Å². The zero-order chi connectivity index (χ0) is 11.8. The highest BCUT2D eigenvalue weighted by molar-refractivity contribution is 5.38. The predicted molar refractivity (Wildman–Crippen MR) is 63.4 cm³/mol. The zero-order valence-corrected chi connectivity index (χ0v) is 9.99. The highest BCUT2D eigenvalue weighted by Crippen LogP contribution is 2.16. The summed E-state index contributed by atoms with van der Waals surface area (Å²) in [5, 5.41) is 8.82. The predicted octanol–water partition coefficient (Wildman–Crippen LogP) is 3.08. The molecular weight excluding hydrogens is 200 g/mol. The first-order chi connectivity index (χ1) is 7.81. The molecule has 0 atom stereocenters. The molecule has 0 aliphatic carbocycles. The Balaban J connectivity index is 2.58. The van der Waals surface area contributed by atoms with E-state index < -0.39 is 0 Å². The molecule has 86 valence electrons. The fourth-order valence-electron chi connectivity index (χ4n) is 1.59. The number of hydrogen-bond acceptors (Lipinski definition) is 3. The van der Waals surface area contributed by atoms with Crippen LogP contribution in [0.1, 0.15) is 43.9 Å². The lowest BCUT2D eigenvalue weighted by molar-refractivity contribution is 0.394. The van der Waals surface area contributed by atoms with Gasteiger partial charge < -0.3 is 4.74 Å². The van der Waals surface area contributed by atoms with Gasteiger partial charge in [-0.2, -0.15) is 5.26 Å². The van der Waals surface area contributed by atoms with Crippen molar-refractivity contribution in [2.75, 3.05) is 7.11 Å². The van der Waals surface area contributed by atoms with E-state index in [2.05, 4.69) is 18.0 Å². The van der Waals surface area contributed by atoms with E-state index in [0.717, 1.165) is 18.5 Å². The van der Waals surface area contributed by atoms with Crippen molar-refractivity contribution < 1.29 is 4.74 Å². The summed E-state index contributed by atoms with van der Waals surface area (Å²) in [6.07, 6.45) is 5.86. The first kappa shape index (κ1) is 12.5. The third-order valence-electron chi connectivity index (χ3n) is 2.52. The lowest BCUT2D eigenvalue weighted by Gasteiger charge is -2.04. The molecule has 0 aromatic carbocycles. The molecule has 16 heavy (non-hydrogen) atoms. The average molecular weight is 218 g/mol. The van der Waals surface area contributed by atoms with Gasteiger partial charge in [0.05, 0.1) is 7.11 Å². The van der Waals surface area contributed by atoms with Crippen molar-refractivity contribution in [1.82, 2.24) is 4.98 Å². The Morgan fingerprint density at radius 3 is 2.75 bits per heavy atom. The SMILES string of the molecule is CCCCCCc1ccc(C#N)c(OC)n1. The lowest BCUT2D eigenvalue weighted by Crippen LogP contribution is -1.97. The molecule has 0 spiro atoms. The van der Waals surface area contributed by atoms with Gasteiger partial charge in [-0.1, -0.05) is 26.2 Å². The molecule has 0 aliphatic heterocycles. The number of hydrogen-bond donors (Lipinski definition) is 0. The molecule has 0 aliphatic rings. The standard InChI is InChI=1S/C13H18N2O/c1-3-4-5-6-7-12-9-8-11(10-14)13(15-12)16-2/h8-9H,3-7H2,1-2H3. The van der Waals surface area contributed by atoms with Crippen LogP contribution in [0.5, 0.6) is 5.88 Å². The van der Waals surface area contributed by atoms with Gasteiger partial charge in [0, 0.05) is 5.69 Å². The van der Waals surface area contributed by atoms with E-state index in [1.165, 1.54) is 19.3 Å². The van der Waals surface area contributed by atoms with Crippen molar-refractivity contribution in [1.29, 1.82) is 5.26 Å². The van der Waals surface area contributed by atoms with Crippen LogP contribution in [0, 0.1) is 11.3 Å². The van der Waals surface area contributed by atoms with E-state index in [1.807, 2.05) is 6.07 Å². The largest absolute Gasteiger partial charge is 0.480 e. The van der Waals surface area contributed by atoms with Crippen LogP contribution in [0.15, 0.2) is 12.1 Å². The maximum Gasteiger partial charge on any atom is 0.231 e. The fraction of sp³-hybridized carbons (Fsp3) is 0.538. The van der Waals surface area contributed by atoms with Gasteiger partial charge >= 0.3 is 0 Å². The molecule has 0 saturated heterocycles. The van der Waals surface area contributed by atoms with E-state index in [1.54, 1.807) is 13.2 Å². The molecule has 0 fully saturated rings. The summed E-state index contributed by atoms with van der Waals surface area (Å²) in [6.45, 7) is 2.20. The van der Waals surface area contributed by atoms with Crippen molar-refractivity contribution in [2.24, 2.45) is 0 Å². The first-order valence-corrected chi connectivity index (χ1v) is 5.75. The minimum absolute atomic E-state index is 0.440. The van der Waals surface area contributed by atoms with Gasteiger partial charge in [-0.3, -0.25) is 0 Å². The van der Waals surface area contributed by atoms with E-state index in [9.17, 15) is 0 Å². The second-order valence-corrected chi connectivity index (χ2v) is 3.78. The Labute approximate surface area is 97.1 Å². The lowest BCUT2D eigenvalue weighted by atomic mass is 10.1. The highest BCUT2D eigenvalue weighted by Gasteiger charge is 2.05. The van der Waals surface area contributed by atoms with Gasteiger partial charge in [0.2, 0.25) is 5.88 Å². The molecule has 0 saturated carbocycles. The van der Waals surface area contributed by atoms with Crippen LogP contribution in [0.25, 0.3) is 0 Å². The van der Waals surface area contributed by atoms with E-state index >= 15 is 0 Å². The Morgan fingerprint density at radius 2 is 2.12 bits per heavy atom. The molecule has 3 nitrogen and oxygen atoms in total. The number of methoxy groups -OCH3 is 1. The number of nitrogens with zero attached hydrogens (tertiary/aromatic N) is 2. The van der Waals surface area contributed by atoms with Crippen molar-refractivity contribution in [3.8, 4) is 11.9 Å². The van der Waals surface area contributed by atoms with E-state index in [4.69, 9.17) is 10.00 Å². The molecule has 0 N–H and O–H groups in total. The average Bonchev–Trinajstić information content (AvgIpc) is 2.34. The van der Waals surface area contributed by atoms with Crippen LogP contribution in [0.4, 0.5) is 0 Å². The summed E-state index contributed by atoms with van der Waals surface area (Å²) in [4.78, 5) is 4.31. The van der Waals surface area contributed by atoms with Crippen molar-refractivity contribution in [2.45, 2.75) is 39.0 Å². The third kappa shape index (κ3) is 3.54. The Hall–Kier alpha value is -1.56. The van der Waals surface area contributed by atoms with E-state index in [-0.39, 0.29) is 0 Å². The van der Waals surface area contributed by atoms with E-state index in [0.29, 0.717) is 11.4 Å². The molecule has 0 radical (unpaired) electrons. The third-order valence-corrected chi connectivity index (χ3v) is 2.52. The van der Waals surface area contributed by atoms with Gasteiger partial charge in [0.25, 0.3) is 0 Å². The molecule has 0 unspecified atom stereocenters. The van der Waals surface area contributed by atoms with Gasteiger partial charge in [-0.15, -0.1) is 0 Å². The van der Waals surface area contributed by atoms with Crippen molar-refractivity contribution in [3.05, 3.63) is 23.4 Å². The fourth-order valence-corrected chi connectivity index (χ4v) is 1.59. The quantitative estimate of drug-likeness (QED) is 0.689. The van der Waals surface area contributed by atoms with Crippen LogP contribution in [-0.4, -0.2) is 12.1 Å². The van der Waals surface area contributed by atoms with Crippen LogP contribution >= 0.6 is 0 Å². The minimum atomic E-state index is 0.440. The Morgan fingerprint density at radius 1 is 1.31 bits per heavy atom. The summed E-state index contributed by atoms with van der Waals surface area (Å²) < 4.78 is 5.07. The molecule has 0 bridgehead atoms. The maximum absolute atomic E-state index is 8.82. The van der Waals surface area contributed by atoms with Crippen LogP contribution in [0.3, 0.4) is 0 Å². The molecule has 1 heterocycles. The maximum atomic E-state index is 8.82. The number of nitriles is 1. The Kier molecular flexibility index (Phi) is 5.35. The molecule has 1 aromatic heterocycles. The normalized spacial score (nSPS) is 9.81. The van der Waals surface area contributed by atoms with Crippen molar-refractivity contribution in [3.63, 3.8) is 0 Å². The number of ether oxygens (including phenoxy) is 1. The topological polar surface area (TPSA) is 45.9 Å². The highest BCUT2D eigenvalue weighted by atomic mass is 16.5. The second kappa shape index (κ2) is 6.84. The first-order valence-electron chi connectivity index (χ1n) is 5.75.